The van der Waals surface area contributed by atoms with Crippen LogP contribution >= 0.6 is 0 Å². The Bertz CT molecular complexity index is 662. The van der Waals surface area contributed by atoms with Gasteiger partial charge in [0.05, 0.1) is 6.04 Å². The van der Waals surface area contributed by atoms with Gasteiger partial charge in [0.2, 0.25) is 0 Å². The van der Waals surface area contributed by atoms with Crippen LogP contribution in [0, 0.1) is 0 Å². The normalized spacial score (nSPS) is 27.2. The predicted molar refractivity (Wildman–Crippen MR) is 84.1 cm³/mol. The van der Waals surface area contributed by atoms with Crippen LogP contribution in [0.15, 0.2) is 60.7 Å². The summed E-state index contributed by atoms with van der Waals surface area (Å²) in [6, 6.07) is 20.4. The number of hydrogen-bond acceptors (Lipinski definition) is 2. The van der Waals surface area contributed by atoms with Crippen LogP contribution in [0.5, 0.6) is 0 Å². The second kappa shape index (κ2) is 5.25. The highest BCUT2D eigenvalue weighted by Crippen LogP contribution is 2.51. The zero-order chi connectivity index (χ0) is 15.0. The molecule has 112 valence electrons. The minimum atomic E-state index is -0.615. The van der Waals surface area contributed by atoms with Crippen molar-refractivity contribution in [2.45, 2.75) is 31.0 Å². The van der Waals surface area contributed by atoms with Crippen LogP contribution in [0.25, 0.3) is 0 Å². The molecule has 3 heteroatoms. The molecule has 2 fully saturated rings. The van der Waals surface area contributed by atoms with Crippen molar-refractivity contribution in [1.29, 1.82) is 0 Å². The summed E-state index contributed by atoms with van der Waals surface area (Å²) in [6.45, 7) is 1.33. The minimum absolute atomic E-state index is 0.0314. The fourth-order valence-corrected chi connectivity index (χ4v) is 3.74. The van der Waals surface area contributed by atoms with Gasteiger partial charge in [-0.25, -0.2) is 0 Å². The first-order chi connectivity index (χ1) is 10.8. The third-order valence-corrected chi connectivity index (χ3v) is 4.74. The van der Waals surface area contributed by atoms with E-state index < -0.39 is 5.60 Å². The Morgan fingerprint density at radius 3 is 2.36 bits per heavy atom. The van der Waals surface area contributed by atoms with Crippen molar-refractivity contribution < 1.29 is 9.53 Å². The molecule has 0 saturated carbocycles. The van der Waals surface area contributed by atoms with Gasteiger partial charge in [-0.2, -0.15) is 0 Å². The quantitative estimate of drug-likeness (QED) is 0.813. The molecule has 2 aliphatic rings. The van der Waals surface area contributed by atoms with E-state index in [0.717, 1.165) is 18.4 Å². The third kappa shape index (κ3) is 1.97. The third-order valence-electron chi connectivity index (χ3n) is 4.74. The maximum absolute atomic E-state index is 12.8. The monoisotopic (exact) mass is 293 g/mol. The second-order valence-electron chi connectivity index (χ2n) is 6.07. The second-order valence-corrected chi connectivity index (χ2v) is 6.07. The van der Waals surface area contributed by atoms with Gasteiger partial charge in [-0.05, 0) is 24.0 Å². The molecule has 3 nitrogen and oxygen atoms in total. The van der Waals surface area contributed by atoms with Crippen LogP contribution in [0.4, 0.5) is 0 Å². The molecule has 22 heavy (non-hydrogen) atoms. The number of rotatable bonds is 3. The average molecular weight is 293 g/mol. The smallest absolute Gasteiger partial charge is 0.258 e. The molecular weight excluding hydrogens is 274 g/mol. The van der Waals surface area contributed by atoms with Crippen molar-refractivity contribution in [2.24, 2.45) is 0 Å². The van der Waals surface area contributed by atoms with E-state index >= 15 is 0 Å². The lowest BCUT2D eigenvalue weighted by Crippen LogP contribution is -2.67. The molecule has 1 amide bonds. The van der Waals surface area contributed by atoms with Crippen molar-refractivity contribution in [1.82, 2.24) is 4.90 Å². The number of ether oxygens (including phenoxy) is 1. The van der Waals surface area contributed by atoms with Gasteiger partial charge in [0.25, 0.3) is 5.91 Å². The molecule has 2 heterocycles. The zero-order valence-electron chi connectivity index (χ0n) is 12.4. The maximum atomic E-state index is 12.8. The molecule has 2 atom stereocenters. The van der Waals surface area contributed by atoms with Crippen molar-refractivity contribution in [3.63, 3.8) is 0 Å². The van der Waals surface area contributed by atoms with Crippen LogP contribution in [0.2, 0.25) is 0 Å². The molecular formula is C19H19NO2. The summed E-state index contributed by atoms with van der Waals surface area (Å²) >= 11 is 0. The van der Waals surface area contributed by atoms with Gasteiger partial charge in [0.15, 0.2) is 5.60 Å². The Kier molecular flexibility index (Phi) is 3.23. The van der Waals surface area contributed by atoms with Gasteiger partial charge in [-0.1, -0.05) is 60.7 Å². The Hall–Kier alpha value is -2.13. The average Bonchev–Trinajstić information content (AvgIpc) is 3.08. The van der Waals surface area contributed by atoms with Crippen LogP contribution in [-0.4, -0.2) is 23.0 Å². The van der Waals surface area contributed by atoms with Gasteiger partial charge in [-0.15, -0.1) is 0 Å². The van der Waals surface area contributed by atoms with E-state index in [1.165, 1.54) is 5.56 Å². The minimum Gasteiger partial charge on any atom is -0.363 e. The molecule has 0 bridgehead atoms. The Morgan fingerprint density at radius 2 is 1.73 bits per heavy atom. The van der Waals surface area contributed by atoms with Crippen LogP contribution in [0.1, 0.15) is 30.0 Å². The molecule has 1 spiro atoms. The van der Waals surface area contributed by atoms with Gasteiger partial charge < -0.3 is 9.64 Å². The van der Waals surface area contributed by atoms with E-state index in [0.29, 0.717) is 13.2 Å². The molecule has 0 aromatic heterocycles. The summed E-state index contributed by atoms with van der Waals surface area (Å²) < 4.78 is 5.93. The summed E-state index contributed by atoms with van der Waals surface area (Å²) in [7, 11) is 0. The first-order valence-corrected chi connectivity index (χ1v) is 7.85. The molecule has 0 unspecified atom stereocenters. The van der Waals surface area contributed by atoms with E-state index in [2.05, 4.69) is 24.3 Å². The summed E-state index contributed by atoms with van der Waals surface area (Å²) in [5, 5.41) is 0. The molecule has 2 saturated heterocycles. The van der Waals surface area contributed by atoms with E-state index in [1.807, 2.05) is 41.3 Å². The van der Waals surface area contributed by atoms with E-state index in [-0.39, 0.29) is 11.9 Å². The van der Waals surface area contributed by atoms with Crippen molar-refractivity contribution in [2.75, 3.05) is 6.61 Å². The zero-order valence-corrected chi connectivity index (χ0v) is 12.4. The summed E-state index contributed by atoms with van der Waals surface area (Å²) in [5.41, 5.74) is 1.71. The summed E-state index contributed by atoms with van der Waals surface area (Å²) in [5.74, 6) is 0.141. The van der Waals surface area contributed by atoms with Gasteiger partial charge >= 0.3 is 0 Å². The van der Waals surface area contributed by atoms with E-state index in [1.54, 1.807) is 0 Å². The number of hydrogen-bond donors (Lipinski definition) is 0. The van der Waals surface area contributed by atoms with E-state index in [9.17, 15) is 4.79 Å². The summed E-state index contributed by atoms with van der Waals surface area (Å²) in [4.78, 5) is 14.7. The molecule has 2 aromatic carbocycles. The number of nitrogens with zero attached hydrogens (tertiary/aromatic N) is 1. The van der Waals surface area contributed by atoms with Gasteiger partial charge in [-0.3, -0.25) is 4.79 Å². The standard InChI is InChI=1S/C19H19NO2/c21-18-19(12-7-13-22-19)17(16-10-5-2-6-11-16)20(18)14-15-8-3-1-4-9-15/h1-6,8-11,17H,7,12-14H2/t17-,19-/m1/s1. The SMILES string of the molecule is O=C1N(Cc2ccccc2)[C@H](c2ccccc2)[C@]12CCCO2. The van der Waals surface area contributed by atoms with Crippen molar-refractivity contribution >= 4 is 5.91 Å². The Labute approximate surface area is 130 Å². The first-order valence-electron chi connectivity index (χ1n) is 7.85. The Morgan fingerprint density at radius 1 is 1.05 bits per heavy atom. The van der Waals surface area contributed by atoms with Crippen molar-refractivity contribution in [3.05, 3.63) is 71.8 Å². The largest absolute Gasteiger partial charge is 0.363 e. The first kappa shape index (κ1) is 13.5. The van der Waals surface area contributed by atoms with Gasteiger partial charge in [0, 0.05) is 13.2 Å². The molecule has 0 radical (unpaired) electrons. The number of carbonyl (C=O) groups excluding carboxylic acids is 1. The number of β-lactam (4-membered cyclic amide) rings is 1. The van der Waals surface area contributed by atoms with Crippen LogP contribution in [-0.2, 0) is 16.1 Å². The number of benzene rings is 2. The molecule has 0 N–H and O–H groups in total. The van der Waals surface area contributed by atoms with Gasteiger partial charge in [0.1, 0.15) is 0 Å². The molecule has 2 aliphatic heterocycles. The predicted octanol–water partition coefficient (Wildman–Crippen LogP) is 3.32. The maximum Gasteiger partial charge on any atom is 0.258 e. The highest BCUT2D eigenvalue weighted by molar-refractivity contribution is 5.93. The van der Waals surface area contributed by atoms with Crippen molar-refractivity contribution in [3.8, 4) is 0 Å². The lowest BCUT2D eigenvalue weighted by molar-refractivity contribution is -0.197. The number of carbonyl (C=O) groups is 1. The lowest BCUT2D eigenvalue weighted by atomic mass is 9.76. The summed E-state index contributed by atoms with van der Waals surface area (Å²) in [6.07, 6.45) is 1.80. The lowest BCUT2D eigenvalue weighted by Gasteiger charge is -2.53. The highest BCUT2D eigenvalue weighted by Gasteiger charge is 2.63. The fraction of sp³-hybridized carbons (Fsp3) is 0.316. The Balaban J connectivity index is 1.67. The van der Waals surface area contributed by atoms with Crippen LogP contribution in [0.3, 0.4) is 0 Å². The fourth-order valence-electron chi connectivity index (χ4n) is 3.74. The molecule has 4 rings (SSSR count). The van der Waals surface area contributed by atoms with Crippen LogP contribution < -0.4 is 0 Å². The molecule has 2 aromatic rings. The topological polar surface area (TPSA) is 29.5 Å². The number of likely N-dealkylation sites (tertiary alicyclic amines) is 1. The highest BCUT2D eigenvalue weighted by atomic mass is 16.5. The number of amides is 1. The molecule has 0 aliphatic carbocycles. The van der Waals surface area contributed by atoms with E-state index in [4.69, 9.17) is 4.74 Å².